The van der Waals surface area contributed by atoms with Crippen molar-refractivity contribution in [1.82, 2.24) is 19.9 Å². The molecule has 0 radical (unpaired) electrons. The lowest BCUT2D eigenvalue weighted by molar-refractivity contribution is 0.977. The van der Waals surface area contributed by atoms with E-state index in [1.54, 1.807) is 30.1 Å². The average molecular weight is 271 g/mol. The number of thiophene rings is 1. The van der Waals surface area contributed by atoms with Crippen molar-refractivity contribution in [3.63, 3.8) is 0 Å². The minimum atomic E-state index is 0.606. The molecule has 0 atom stereocenters. The SMILES string of the molecule is Cc1cnc(CNc2ncnc3scc(C)c23)cn1. The van der Waals surface area contributed by atoms with Gasteiger partial charge in [0, 0.05) is 6.20 Å². The van der Waals surface area contributed by atoms with Crippen molar-refractivity contribution in [1.29, 1.82) is 0 Å². The summed E-state index contributed by atoms with van der Waals surface area (Å²) >= 11 is 1.63. The zero-order chi connectivity index (χ0) is 13.2. The van der Waals surface area contributed by atoms with E-state index in [-0.39, 0.29) is 0 Å². The summed E-state index contributed by atoms with van der Waals surface area (Å²) in [6, 6.07) is 0. The summed E-state index contributed by atoms with van der Waals surface area (Å²) in [4.78, 5) is 18.1. The van der Waals surface area contributed by atoms with Crippen LogP contribution in [0.25, 0.3) is 10.2 Å². The van der Waals surface area contributed by atoms with Crippen LogP contribution in [0.2, 0.25) is 0 Å². The van der Waals surface area contributed by atoms with E-state index in [9.17, 15) is 0 Å². The number of rotatable bonds is 3. The highest BCUT2D eigenvalue weighted by atomic mass is 32.1. The van der Waals surface area contributed by atoms with Crippen molar-refractivity contribution < 1.29 is 0 Å². The maximum absolute atomic E-state index is 4.32. The number of nitrogens with one attached hydrogen (secondary N) is 1. The van der Waals surface area contributed by atoms with Crippen molar-refractivity contribution in [2.75, 3.05) is 5.32 Å². The third-order valence-corrected chi connectivity index (χ3v) is 3.83. The summed E-state index contributed by atoms with van der Waals surface area (Å²) in [5.41, 5.74) is 3.00. The molecule has 0 unspecified atom stereocenters. The molecule has 0 saturated carbocycles. The first kappa shape index (κ1) is 12.0. The molecule has 0 bridgehead atoms. The maximum Gasteiger partial charge on any atom is 0.138 e. The molecular formula is C13H13N5S. The van der Waals surface area contributed by atoms with Crippen LogP contribution in [-0.4, -0.2) is 19.9 Å². The second-order valence-electron chi connectivity index (χ2n) is 4.32. The van der Waals surface area contributed by atoms with Crippen LogP contribution in [0.3, 0.4) is 0 Å². The molecular weight excluding hydrogens is 258 g/mol. The third kappa shape index (κ3) is 2.39. The zero-order valence-corrected chi connectivity index (χ0v) is 11.5. The third-order valence-electron chi connectivity index (χ3n) is 2.83. The fourth-order valence-electron chi connectivity index (χ4n) is 1.84. The van der Waals surface area contributed by atoms with E-state index < -0.39 is 0 Å². The molecule has 0 amide bonds. The zero-order valence-electron chi connectivity index (χ0n) is 10.7. The molecule has 0 aliphatic heterocycles. The molecule has 0 aliphatic carbocycles. The highest BCUT2D eigenvalue weighted by Gasteiger charge is 2.08. The monoisotopic (exact) mass is 271 g/mol. The van der Waals surface area contributed by atoms with Gasteiger partial charge in [0.25, 0.3) is 0 Å². The van der Waals surface area contributed by atoms with Gasteiger partial charge in [-0.3, -0.25) is 9.97 Å². The molecule has 3 rings (SSSR count). The van der Waals surface area contributed by atoms with Gasteiger partial charge in [-0.1, -0.05) is 0 Å². The summed E-state index contributed by atoms with van der Waals surface area (Å²) < 4.78 is 0. The van der Waals surface area contributed by atoms with Crippen LogP contribution in [-0.2, 0) is 6.54 Å². The Morgan fingerprint density at radius 2 is 2.00 bits per heavy atom. The Labute approximate surface area is 114 Å². The van der Waals surface area contributed by atoms with Gasteiger partial charge in [0.05, 0.1) is 29.5 Å². The topological polar surface area (TPSA) is 63.6 Å². The van der Waals surface area contributed by atoms with E-state index in [4.69, 9.17) is 0 Å². The molecule has 3 heterocycles. The Hall–Kier alpha value is -2.08. The van der Waals surface area contributed by atoms with Crippen molar-refractivity contribution in [3.05, 3.63) is 41.1 Å². The fourth-order valence-corrected chi connectivity index (χ4v) is 2.73. The standard InChI is InChI=1S/C13H13N5S/c1-8-6-19-13-11(8)12(17-7-18-13)16-5-10-4-14-9(2)3-15-10/h3-4,6-7H,5H2,1-2H3,(H,16,17,18). The summed E-state index contributed by atoms with van der Waals surface area (Å²) in [7, 11) is 0. The van der Waals surface area contributed by atoms with Crippen LogP contribution in [0.1, 0.15) is 17.0 Å². The second-order valence-corrected chi connectivity index (χ2v) is 5.18. The van der Waals surface area contributed by atoms with Gasteiger partial charge in [-0.2, -0.15) is 0 Å². The number of fused-ring (bicyclic) bond motifs is 1. The Morgan fingerprint density at radius 3 is 2.79 bits per heavy atom. The van der Waals surface area contributed by atoms with Crippen LogP contribution in [0.15, 0.2) is 24.1 Å². The predicted molar refractivity (Wildman–Crippen MR) is 76.2 cm³/mol. The van der Waals surface area contributed by atoms with E-state index in [1.165, 1.54) is 5.56 Å². The molecule has 0 spiro atoms. The first-order chi connectivity index (χ1) is 9.24. The smallest absolute Gasteiger partial charge is 0.138 e. The quantitative estimate of drug-likeness (QED) is 0.793. The summed E-state index contributed by atoms with van der Waals surface area (Å²) in [6.45, 7) is 4.60. The van der Waals surface area contributed by atoms with Crippen LogP contribution >= 0.6 is 11.3 Å². The largest absolute Gasteiger partial charge is 0.364 e. The van der Waals surface area contributed by atoms with Crippen molar-refractivity contribution in [2.24, 2.45) is 0 Å². The number of aryl methyl sites for hydroxylation is 2. The van der Waals surface area contributed by atoms with Gasteiger partial charge < -0.3 is 5.32 Å². The van der Waals surface area contributed by atoms with Crippen molar-refractivity contribution in [2.45, 2.75) is 20.4 Å². The van der Waals surface area contributed by atoms with E-state index in [1.807, 2.05) is 6.92 Å². The number of nitrogens with zero attached hydrogens (tertiary/aromatic N) is 4. The number of hydrogen-bond donors (Lipinski definition) is 1. The Kier molecular flexibility index (Phi) is 3.08. The van der Waals surface area contributed by atoms with E-state index in [2.05, 4.69) is 37.6 Å². The minimum absolute atomic E-state index is 0.606. The molecule has 0 fully saturated rings. The Bertz CT molecular complexity index is 705. The van der Waals surface area contributed by atoms with Crippen LogP contribution in [0, 0.1) is 13.8 Å². The summed E-state index contributed by atoms with van der Waals surface area (Å²) in [5.74, 6) is 0.853. The van der Waals surface area contributed by atoms with E-state index in [0.717, 1.165) is 27.4 Å². The second kappa shape index (κ2) is 4.89. The van der Waals surface area contributed by atoms with Gasteiger partial charge in [-0.25, -0.2) is 9.97 Å². The van der Waals surface area contributed by atoms with E-state index in [0.29, 0.717) is 6.54 Å². The van der Waals surface area contributed by atoms with E-state index >= 15 is 0 Å². The molecule has 3 aromatic rings. The van der Waals surface area contributed by atoms with Crippen molar-refractivity contribution >= 4 is 27.4 Å². The van der Waals surface area contributed by atoms with Gasteiger partial charge in [-0.15, -0.1) is 11.3 Å². The number of aromatic nitrogens is 4. The lowest BCUT2D eigenvalue weighted by Gasteiger charge is -2.06. The van der Waals surface area contributed by atoms with Gasteiger partial charge in [-0.05, 0) is 24.8 Å². The summed E-state index contributed by atoms with van der Waals surface area (Å²) in [5, 5.41) is 6.49. The molecule has 0 aromatic carbocycles. The van der Waals surface area contributed by atoms with Gasteiger partial charge in [0.1, 0.15) is 17.0 Å². The number of anilines is 1. The van der Waals surface area contributed by atoms with Gasteiger partial charge in [0.2, 0.25) is 0 Å². The molecule has 6 heteroatoms. The van der Waals surface area contributed by atoms with Crippen molar-refractivity contribution in [3.8, 4) is 0 Å². The normalized spacial score (nSPS) is 10.8. The number of hydrogen-bond acceptors (Lipinski definition) is 6. The van der Waals surface area contributed by atoms with Crippen LogP contribution in [0.5, 0.6) is 0 Å². The molecule has 19 heavy (non-hydrogen) atoms. The molecule has 0 aliphatic rings. The molecule has 96 valence electrons. The Balaban J connectivity index is 1.85. The fraction of sp³-hybridized carbons (Fsp3) is 0.231. The van der Waals surface area contributed by atoms with Gasteiger partial charge in [0.15, 0.2) is 0 Å². The average Bonchev–Trinajstić information content (AvgIpc) is 2.81. The van der Waals surface area contributed by atoms with Crippen LogP contribution < -0.4 is 5.32 Å². The highest BCUT2D eigenvalue weighted by Crippen LogP contribution is 2.28. The maximum atomic E-state index is 4.32. The first-order valence-corrected chi connectivity index (χ1v) is 6.82. The summed E-state index contributed by atoms with van der Waals surface area (Å²) in [6.07, 6.45) is 5.13. The molecule has 1 N–H and O–H groups in total. The van der Waals surface area contributed by atoms with Crippen LogP contribution in [0.4, 0.5) is 5.82 Å². The lowest BCUT2D eigenvalue weighted by Crippen LogP contribution is -2.04. The minimum Gasteiger partial charge on any atom is -0.364 e. The first-order valence-electron chi connectivity index (χ1n) is 5.94. The lowest BCUT2D eigenvalue weighted by atomic mass is 10.2. The van der Waals surface area contributed by atoms with Gasteiger partial charge >= 0.3 is 0 Å². The molecule has 3 aromatic heterocycles. The molecule has 0 saturated heterocycles. The Morgan fingerprint density at radius 1 is 1.11 bits per heavy atom. The highest BCUT2D eigenvalue weighted by molar-refractivity contribution is 7.17. The predicted octanol–water partition coefficient (Wildman–Crippen LogP) is 2.71. The molecule has 5 nitrogen and oxygen atoms in total.